The average Bonchev–Trinajstić information content (AvgIpc) is 2.59. The lowest BCUT2D eigenvalue weighted by molar-refractivity contribution is 0.216. The normalized spacial score (nSPS) is 22.4. The van der Waals surface area contributed by atoms with Gasteiger partial charge in [-0.25, -0.2) is 4.31 Å². The van der Waals surface area contributed by atoms with E-state index in [1.165, 1.54) is 51.0 Å². The van der Waals surface area contributed by atoms with Crippen molar-refractivity contribution in [2.45, 2.75) is 37.9 Å². The Bertz CT molecular complexity index is 462. The molecule has 0 N–H and O–H groups in total. The molecule has 0 aliphatic carbocycles. The summed E-state index contributed by atoms with van der Waals surface area (Å²) < 4.78 is 8.33. The molecule has 1 fully saturated rings. The third-order valence-corrected chi connectivity index (χ3v) is 6.13. The molecule has 22 heavy (non-hydrogen) atoms. The summed E-state index contributed by atoms with van der Waals surface area (Å²) in [4.78, 5) is 2.63. The fraction of sp³-hybridized carbons (Fsp3) is 0.667. The van der Waals surface area contributed by atoms with Crippen LogP contribution in [0.1, 0.15) is 43.4 Å². The predicted molar refractivity (Wildman–Crippen MR) is 94.4 cm³/mol. The average molecular weight is 321 g/mol. The number of hydrogen-bond donors (Lipinski definition) is 0. The summed E-state index contributed by atoms with van der Waals surface area (Å²) >= 11 is 2.02. The molecule has 2 aliphatic heterocycles. The van der Waals surface area contributed by atoms with E-state index < -0.39 is 0 Å². The Morgan fingerprint density at radius 2 is 2.05 bits per heavy atom. The van der Waals surface area contributed by atoms with Gasteiger partial charge in [0.2, 0.25) is 0 Å². The number of fused-ring (bicyclic) bond motifs is 1. The quantitative estimate of drug-likeness (QED) is 0.737. The van der Waals surface area contributed by atoms with E-state index >= 15 is 0 Å². The molecule has 0 bridgehead atoms. The lowest BCUT2D eigenvalue weighted by Gasteiger charge is -2.32. The summed E-state index contributed by atoms with van der Waals surface area (Å²) in [6, 6.07) is 8.53. The van der Waals surface area contributed by atoms with Crippen molar-refractivity contribution in [3.05, 3.63) is 29.8 Å². The first-order valence-electron chi connectivity index (χ1n) is 8.72. The van der Waals surface area contributed by atoms with E-state index in [9.17, 15) is 0 Å². The van der Waals surface area contributed by atoms with Crippen molar-refractivity contribution in [1.29, 1.82) is 0 Å². The monoisotopic (exact) mass is 320 g/mol. The first kappa shape index (κ1) is 16.2. The molecule has 122 valence electrons. The van der Waals surface area contributed by atoms with Crippen LogP contribution in [-0.2, 0) is 0 Å². The molecule has 1 atom stereocenters. The second kappa shape index (κ2) is 8.23. The van der Waals surface area contributed by atoms with Gasteiger partial charge >= 0.3 is 0 Å². The number of piperidine rings is 1. The summed E-state index contributed by atoms with van der Waals surface area (Å²) in [5, 5.41) is 0.547. The molecule has 0 saturated carbocycles. The van der Waals surface area contributed by atoms with Crippen LogP contribution in [-0.4, -0.2) is 48.5 Å². The number of likely N-dealkylation sites (tertiary alicyclic amines) is 1. The van der Waals surface area contributed by atoms with Crippen molar-refractivity contribution in [3.63, 3.8) is 0 Å². The molecule has 0 aromatic heterocycles. The van der Waals surface area contributed by atoms with Gasteiger partial charge in [-0.05, 0) is 38.4 Å². The van der Waals surface area contributed by atoms with Crippen molar-refractivity contribution in [2.75, 3.05) is 39.3 Å². The third kappa shape index (κ3) is 4.18. The Kier molecular flexibility index (Phi) is 6.04. The second-order valence-corrected chi connectivity index (χ2v) is 7.49. The van der Waals surface area contributed by atoms with E-state index in [0.29, 0.717) is 5.25 Å². The van der Waals surface area contributed by atoms with E-state index in [1.54, 1.807) is 0 Å². The van der Waals surface area contributed by atoms with Crippen LogP contribution in [0.3, 0.4) is 0 Å². The molecule has 0 amide bonds. The van der Waals surface area contributed by atoms with Crippen molar-refractivity contribution in [2.24, 2.45) is 0 Å². The Hall–Kier alpha value is -0.710. The number of likely N-dealkylation sites (N-methyl/N-ethyl adjacent to an activating group) is 1. The van der Waals surface area contributed by atoms with Gasteiger partial charge in [-0.3, -0.25) is 0 Å². The molecule has 2 aliphatic rings. The summed E-state index contributed by atoms with van der Waals surface area (Å²) in [6.45, 7) is 9.20. The van der Waals surface area contributed by atoms with Gasteiger partial charge in [0.25, 0.3) is 0 Å². The van der Waals surface area contributed by atoms with Crippen molar-refractivity contribution in [3.8, 4) is 5.75 Å². The van der Waals surface area contributed by atoms with Crippen LogP contribution in [0.5, 0.6) is 5.75 Å². The van der Waals surface area contributed by atoms with Crippen LogP contribution in [0.15, 0.2) is 24.3 Å². The molecule has 2 heterocycles. The largest absolute Gasteiger partial charge is 0.493 e. The highest BCUT2D eigenvalue weighted by Gasteiger charge is 2.24. The van der Waals surface area contributed by atoms with E-state index in [4.69, 9.17) is 4.74 Å². The summed E-state index contributed by atoms with van der Waals surface area (Å²) in [7, 11) is 0. The van der Waals surface area contributed by atoms with Crippen LogP contribution in [0.25, 0.3) is 0 Å². The zero-order chi connectivity index (χ0) is 15.2. The van der Waals surface area contributed by atoms with Gasteiger partial charge in [-0.2, -0.15) is 0 Å². The zero-order valence-electron chi connectivity index (χ0n) is 13.7. The Morgan fingerprint density at radius 1 is 1.23 bits per heavy atom. The van der Waals surface area contributed by atoms with Gasteiger partial charge in [-0.1, -0.05) is 43.5 Å². The number of benzene rings is 1. The van der Waals surface area contributed by atoms with Crippen LogP contribution in [0.2, 0.25) is 0 Å². The van der Waals surface area contributed by atoms with E-state index in [0.717, 1.165) is 25.3 Å². The van der Waals surface area contributed by atoms with Gasteiger partial charge in [0.05, 0.1) is 11.9 Å². The van der Waals surface area contributed by atoms with Crippen LogP contribution >= 0.6 is 11.9 Å². The minimum Gasteiger partial charge on any atom is -0.493 e. The number of hydrogen-bond acceptors (Lipinski definition) is 4. The Labute approximate surface area is 139 Å². The molecule has 1 unspecified atom stereocenters. The highest BCUT2D eigenvalue weighted by atomic mass is 32.2. The highest BCUT2D eigenvalue weighted by molar-refractivity contribution is 7.97. The molecular formula is C18H28N2OS. The van der Waals surface area contributed by atoms with Crippen LogP contribution in [0, 0.1) is 0 Å². The first-order chi connectivity index (χ1) is 10.9. The molecular weight excluding hydrogens is 292 g/mol. The second-order valence-electron chi connectivity index (χ2n) is 6.19. The van der Waals surface area contributed by atoms with Crippen LogP contribution in [0.4, 0.5) is 0 Å². The first-order valence-corrected chi connectivity index (χ1v) is 9.56. The smallest absolute Gasteiger partial charge is 0.123 e. The summed E-state index contributed by atoms with van der Waals surface area (Å²) in [5.41, 5.74) is 1.37. The molecule has 4 heteroatoms. The number of rotatable bonds is 6. The molecule has 3 rings (SSSR count). The van der Waals surface area contributed by atoms with Crippen molar-refractivity contribution >= 4 is 11.9 Å². The fourth-order valence-corrected chi connectivity index (χ4v) is 4.53. The number of para-hydroxylation sites is 1. The summed E-state index contributed by atoms with van der Waals surface area (Å²) in [5.74, 6) is 1.08. The Morgan fingerprint density at radius 3 is 2.86 bits per heavy atom. The van der Waals surface area contributed by atoms with Gasteiger partial charge in [-0.15, -0.1) is 0 Å². The lowest BCUT2D eigenvalue weighted by atomic mass is 10.1. The van der Waals surface area contributed by atoms with Gasteiger partial charge in [0.15, 0.2) is 0 Å². The van der Waals surface area contributed by atoms with Gasteiger partial charge < -0.3 is 9.64 Å². The number of ether oxygens (including phenoxy) is 1. The van der Waals surface area contributed by atoms with Gasteiger partial charge in [0, 0.05) is 25.2 Å². The van der Waals surface area contributed by atoms with E-state index in [2.05, 4.69) is 40.4 Å². The van der Waals surface area contributed by atoms with Crippen molar-refractivity contribution in [1.82, 2.24) is 9.21 Å². The molecule has 0 spiro atoms. The van der Waals surface area contributed by atoms with E-state index in [1.807, 2.05) is 11.9 Å². The predicted octanol–water partition coefficient (Wildman–Crippen LogP) is 3.97. The molecule has 0 radical (unpaired) electrons. The Balaban J connectivity index is 1.54. The third-order valence-electron chi connectivity index (χ3n) is 4.65. The number of nitrogens with zero attached hydrogens (tertiary/aromatic N) is 2. The molecule has 1 aromatic rings. The highest BCUT2D eigenvalue weighted by Crippen LogP contribution is 2.41. The maximum absolute atomic E-state index is 5.78. The van der Waals surface area contributed by atoms with Gasteiger partial charge in [0.1, 0.15) is 5.75 Å². The summed E-state index contributed by atoms with van der Waals surface area (Å²) in [6.07, 6.45) is 5.29. The minimum atomic E-state index is 0.547. The van der Waals surface area contributed by atoms with E-state index in [-0.39, 0.29) is 0 Å². The molecule has 3 nitrogen and oxygen atoms in total. The topological polar surface area (TPSA) is 15.7 Å². The SMILES string of the molecule is CCN(CCN1CCCCC1)SC1CCOc2ccccc21. The molecule has 1 aromatic carbocycles. The minimum absolute atomic E-state index is 0.547. The zero-order valence-corrected chi connectivity index (χ0v) is 14.5. The van der Waals surface area contributed by atoms with Crippen LogP contribution < -0.4 is 4.74 Å². The maximum Gasteiger partial charge on any atom is 0.123 e. The fourth-order valence-electron chi connectivity index (χ4n) is 3.32. The molecule has 1 saturated heterocycles. The lowest BCUT2D eigenvalue weighted by Crippen LogP contribution is -2.36. The van der Waals surface area contributed by atoms with Crippen molar-refractivity contribution < 1.29 is 4.74 Å². The standard InChI is InChI=1S/C18H28N2OS/c1-2-20(14-13-19-11-6-3-7-12-19)22-18-10-15-21-17-9-5-4-8-16(17)18/h4-5,8-9,18H,2-3,6-7,10-15H2,1H3. The maximum atomic E-state index is 5.78.